The molecule has 0 fully saturated rings. The highest BCUT2D eigenvalue weighted by molar-refractivity contribution is 9.10. The van der Waals surface area contributed by atoms with Crippen LogP contribution in [-0.4, -0.2) is 25.8 Å². The van der Waals surface area contributed by atoms with Crippen molar-refractivity contribution in [2.45, 2.75) is 4.90 Å². The molecule has 0 aliphatic heterocycles. The Hall–Kier alpha value is -0.620. The number of hydrogen-bond donors (Lipinski definition) is 0. The molecular formula is C12H13BrClNO2S. The van der Waals surface area contributed by atoms with Crippen molar-refractivity contribution < 1.29 is 8.42 Å². The van der Waals surface area contributed by atoms with Crippen LogP contribution in [0.5, 0.6) is 0 Å². The van der Waals surface area contributed by atoms with Crippen LogP contribution in [0.15, 0.2) is 52.9 Å². The molecule has 0 spiro atoms. The molecule has 0 saturated carbocycles. The standard InChI is InChI=1S/C12H13BrClNO2S/c1-3-7-15(8-4-2)18(16,17)12-6-5-10(13)9-11(12)14/h3-6,9H,1-2,7-8H2. The highest BCUT2D eigenvalue weighted by Gasteiger charge is 2.24. The Morgan fingerprint density at radius 1 is 1.28 bits per heavy atom. The van der Waals surface area contributed by atoms with Gasteiger partial charge < -0.3 is 0 Å². The van der Waals surface area contributed by atoms with Crippen molar-refractivity contribution in [3.05, 3.63) is 53.0 Å². The zero-order valence-electron chi connectivity index (χ0n) is 9.64. The van der Waals surface area contributed by atoms with Crippen LogP contribution in [0.4, 0.5) is 0 Å². The first kappa shape index (κ1) is 15.4. The van der Waals surface area contributed by atoms with Crippen molar-refractivity contribution in [2.75, 3.05) is 13.1 Å². The Balaban J connectivity index is 3.25. The zero-order chi connectivity index (χ0) is 13.8. The molecule has 0 amide bonds. The topological polar surface area (TPSA) is 37.4 Å². The highest BCUT2D eigenvalue weighted by Crippen LogP contribution is 2.27. The molecule has 0 heterocycles. The third-order valence-corrected chi connectivity index (χ3v) is 4.99. The average Bonchev–Trinajstić information content (AvgIpc) is 2.28. The van der Waals surface area contributed by atoms with Crippen molar-refractivity contribution in [3.8, 4) is 0 Å². The Labute approximate surface area is 121 Å². The molecule has 0 N–H and O–H groups in total. The SMILES string of the molecule is C=CCN(CC=C)S(=O)(=O)c1ccc(Br)cc1Cl. The van der Waals surface area contributed by atoms with Crippen molar-refractivity contribution in [3.63, 3.8) is 0 Å². The summed E-state index contributed by atoms with van der Waals surface area (Å²) < 4.78 is 26.7. The maximum Gasteiger partial charge on any atom is 0.245 e. The van der Waals surface area contributed by atoms with E-state index in [1.807, 2.05) is 0 Å². The van der Waals surface area contributed by atoms with E-state index in [0.29, 0.717) is 0 Å². The van der Waals surface area contributed by atoms with Crippen molar-refractivity contribution in [2.24, 2.45) is 0 Å². The van der Waals surface area contributed by atoms with Crippen molar-refractivity contribution in [1.29, 1.82) is 0 Å². The van der Waals surface area contributed by atoms with E-state index in [0.717, 1.165) is 4.47 Å². The van der Waals surface area contributed by atoms with Gasteiger partial charge in [-0.1, -0.05) is 39.7 Å². The largest absolute Gasteiger partial charge is 0.245 e. The molecule has 3 nitrogen and oxygen atoms in total. The van der Waals surface area contributed by atoms with Crippen LogP contribution in [0.2, 0.25) is 5.02 Å². The third-order valence-electron chi connectivity index (χ3n) is 2.18. The van der Waals surface area contributed by atoms with Gasteiger partial charge in [-0.3, -0.25) is 0 Å². The quantitative estimate of drug-likeness (QED) is 0.737. The first-order valence-corrected chi connectivity index (χ1v) is 7.71. The lowest BCUT2D eigenvalue weighted by Crippen LogP contribution is -2.31. The van der Waals surface area contributed by atoms with E-state index in [2.05, 4.69) is 29.1 Å². The van der Waals surface area contributed by atoms with Crippen LogP contribution >= 0.6 is 27.5 Å². The van der Waals surface area contributed by atoms with E-state index < -0.39 is 10.0 Å². The zero-order valence-corrected chi connectivity index (χ0v) is 12.8. The normalized spacial score (nSPS) is 11.5. The molecule has 0 saturated heterocycles. The van der Waals surface area contributed by atoms with Crippen LogP contribution < -0.4 is 0 Å². The fraction of sp³-hybridized carbons (Fsp3) is 0.167. The van der Waals surface area contributed by atoms with E-state index in [9.17, 15) is 8.42 Å². The van der Waals surface area contributed by atoms with Gasteiger partial charge in [0.25, 0.3) is 0 Å². The third kappa shape index (κ3) is 3.45. The highest BCUT2D eigenvalue weighted by atomic mass is 79.9. The fourth-order valence-corrected chi connectivity index (χ4v) is 3.78. The summed E-state index contributed by atoms with van der Waals surface area (Å²) in [6.45, 7) is 7.51. The minimum atomic E-state index is -3.63. The minimum absolute atomic E-state index is 0.0797. The maximum absolute atomic E-state index is 12.4. The average molecular weight is 351 g/mol. The van der Waals surface area contributed by atoms with Gasteiger partial charge in [0.2, 0.25) is 10.0 Å². The van der Waals surface area contributed by atoms with Gasteiger partial charge in [-0.25, -0.2) is 8.42 Å². The van der Waals surface area contributed by atoms with E-state index in [4.69, 9.17) is 11.6 Å². The van der Waals surface area contributed by atoms with Gasteiger partial charge >= 0.3 is 0 Å². The second kappa shape index (κ2) is 6.52. The molecule has 98 valence electrons. The van der Waals surface area contributed by atoms with Gasteiger partial charge in [-0.05, 0) is 18.2 Å². The molecule has 0 unspecified atom stereocenters. The summed E-state index contributed by atoms with van der Waals surface area (Å²) in [4.78, 5) is 0.0797. The molecule has 6 heteroatoms. The fourth-order valence-electron chi connectivity index (χ4n) is 1.38. The minimum Gasteiger partial charge on any atom is -0.207 e. The second-order valence-electron chi connectivity index (χ2n) is 3.47. The van der Waals surface area contributed by atoms with Crippen LogP contribution in [0.25, 0.3) is 0 Å². The maximum atomic E-state index is 12.4. The lowest BCUT2D eigenvalue weighted by molar-refractivity contribution is 0.474. The van der Waals surface area contributed by atoms with Gasteiger partial charge in [0.1, 0.15) is 4.90 Å². The molecule has 18 heavy (non-hydrogen) atoms. The number of halogens is 2. The molecule has 0 radical (unpaired) electrons. The van der Waals surface area contributed by atoms with E-state index in [1.165, 1.54) is 22.5 Å². The molecule has 0 bridgehead atoms. The van der Waals surface area contributed by atoms with Crippen molar-refractivity contribution >= 4 is 37.6 Å². The van der Waals surface area contributed by atoms with Gasteiger partial charge in [0.15, 0.2) is 0 Å². The van der Waals surface area contributed by atoms with E-state index in [-0.39, 0.29) is 23.0 Å². The number of rotatable bonds is 6. The van der Waals surface area contributed by atoms with Crippen molar-refractivity contribution in [1.82, 2.24) is 4.31 Å². The lowest BCUT2D eigenvalue weighted by Gasteiger charge is -2.19. The smallest absolute Gasteiger partial charge is 0.207 e. The first-order valence-electron chi connectivity index (χ1n) is 5.10. The van der Waals surface area contributed by atoms with E-state index >= 15 is 0 Å². The predicted octanol–water partition coefficient (Wildman–Crippen LogP) is 3.47. The summed E-state index contributed by atoms with van der Waals surface area (Å²) in [5.74, 6) is 0. The van der Waals surface area contributed by atoms with Gasteiger partial charge in [0.05, 0.1) is 5.02 Å². The summed E-state index contributed by atoms with van der Waals surface area (Å²) in [6, 6.07) is 4.66. The summed E-state index contributed by atoms with van der Waals surface area (Å²) >= 11 is 9.21. The summed E-state index contributed by atoms with van der Waals surface area (Å²) in [7, 11) is -3.63. The molecular weight excluding hydrogens is 338 g/mol. The molecule has 0 aromatic heterocycles. The number of benzene rings is 1. The van der Waals surface area contributed by atoms with Crippen LogP contribution in [0.3, 0.4) is 0 Å². The molecule has 1 aromatic rings. The Morgan fingerprint density at radius 2 is 1.83 bits per heavy atom. The van der Waals surface area contributed by atoms with Crippen LogP contribution in [0, 0.1) is 0 Å². The lowest BCUT2D eigenvalue weighted by atomic mass is 10.4. The number of sulfonamides is 1. The van der Waals surface area contributed by atoms with Gasteiger partial charge in [-0.15, -0.1) is 13.2 Å². The molecule has 0 atom stereocenters. The molecule has 1 rings (SSSR count). The molecule has 1 aromatic carbocycles. The van der Waals surface area contributed by atoms with E-state index in [1.54, 1.807) is 12.1 Å². The number of nitrogens with zero attached hydrogens (tertiary/aromatic N) is 1. The second-order valence-corrected chi connectivity index (χ2v) is 6.70. The van der Waals surface area contributed by atoms with Crippen LogP contribution in [0.1, 0.15) is 0 Å². The Kier molecular flexibility index (Phi) is 5.59. The summed E-state index contributed by atoms with van der Waals surface area (Å²) in [5, 5.41) is 0.183. The Bertz CT molecular complexity index is 547. The monoisotopic (exact) mass is 349 g/mol. The predicted molar refractivity (Wildman–Crippen MR) is 78.3 cm³/mol. The van der Waals surface area contributed by atoms with Crippen LogP contribution in [-0.2, 0) is 10.0 Å². The molecule has 0 aliphatic rings. The Morgan fingerprint density at radius 3 is 2.28 bits per heavy atom. The first-order chi connectivity index (χ1) is 8.43. The van der Waals surface area contributed by atoms with Gasteiger partial charge in [-0.2, -0.15) is 4.31 Å². The van der Waals surface area contributed by atoms with Gasteiger partial charge in [0, 0.05) is 17.6 Å². The molecule has 0 aliphatic carbocycles. The summed E-state index contributed by atoms with van der Waals surface area (Å²) in [6.07, 6.45) is 3.04. The number of hydrogen-bond acceptors (Lipinski definition) is 2. The summed E-state index contributed by atoms with van der Waals surface area (Å²) in [5.41, 5.74) is 0.